The first-order valence-corrected chi connectivity index (χ1v) is 7.04. The second-order valence-corrected chi connectivity index (χ2v) is 5.00. The maximum absolute atomic E-state index is 13.8. The minimum atomic E-state index is -0.241. The second kappa shape index (κ2) is 6.15. The molecule has 0 amide bonds. The number of nitrogens with two attached hydrogens (primary N) is 1. The molecular weight excluding hydrogens is 241 g/mol. The van der Waals surface area contributed by atoms with Crippen LogP contribution in [0.1, 0.15) is 32.5 Å². The van der Waals surface area contributed by atoms with Gasteiger partial charge in [-0.1, -0.05) is 26.3 Å². The highest BCUT2D eigenvalue weighted by molar-refractivity contribution is 5.76. The summed E-state index contributed by atoms with van der Waals surface area (Å²) < 4.78 is 16.0. The highest BCUT2D eigenvalue weighted by Gasteiger charge is 2.16. The Morgan fingerprint density at radius 2 is 2.16 bits per heavy atom. The third kappa shape index (κ3) is 2.78. The molecular formula is C15H22FN3. The molecule has 1 heterocycles. The summed E-state index contributed by atoms with van der Waals surface area (Å²) in [5.41, 5.74) is 7.14. The molecule has 1 unspecified atom stereocenters. The molecule has 0 spiro atoms. The molecule has 2 aromatic rings. The minimum Gasteiger partial charge on any atom is -0.330 e. The van der Waals surface area contributed by atoms with Crippen molar-refractivity contribution in [2.24, 2.45) is 11.7 Å². The van der Waals surface area contributed by atoms with E-state index in [0.717, 1.165) is 37.1 Å². The van der Waals surface area contributed by atoms with Gasteiger partial charge in [-0.05, 0) is 31.0 Å². The second-order valence-electron chi connectivity index (χ2n) is 5.00. The highest BCUT2D eigenvalue weighted by atomic mass is 19.1. The lowest BCUT2D eigenvalue weighted by atomic mass is 10.0. The quantitative estimate of drug-likeness (QED) is 0.870. The number of nitrogens with zero attached hydrogens (tertiary/aromatic N) is 2. The zero-order valence-electron chi connectivity index (χ0n) is 11.7. The summed E-state index contributed by atoms with van der Waals surface area (Å²) in [5.74, 6) is 1.13. The van der Waals surface area contributed by atoms with E-state index >= 15 is 0 Å². The molecule has 0 radical (unpaired) electrons. The van der Waals surface area contributed by atoms with Crippen molar-refractivity contribution >= 4 is 11.0 Å². The van der Waals surface area contributed by atoms with Gasteiger partial charge in [0.05, 0.1) is 5.52 Å². The summed E-state index contributed by atoms with van der Waals surface area (Å²) in [4.78, 5) is 4.50. The Morgan fingerprint density at radius 3 is 2.79 bits per heavy atom. The van der Waals surface area contributed by atoms with Gasteiger partial charge in [-0.2, -0.15) is 0 Å². The number of aromatic nitrogens is 2. The number of aryl methyl sites for hydroxylation is 1. The van der Waals surface area contributed by atoms with E-state index in [1.165, 1.54) is 6.07 Å². The first-order valence-electron chi connectivity index (χ1n) is 7.04. The normalized spacial score (nSPS) is 13.1. The van der Waals surface area contributed by atoms with Crippen LogP contribution in [0.4, 0.5) is 4.39 Å². The Kier molecular flexibility index (Phi) is 4.53. The van der Waals surface area contributed by atoms with Crippen molar-refractivity contribution < 1.29 is 4.39 Å². The smallest absolute Gasteiger partial charge is 0.151 e. The fourth-order valence-electron chi connectivity index (χ4n) is 2.44. The van der Waals surface area contributed by atoms with Crippen molar-refractivity contribution in [3.05, 3.63) is 29.8 Å². The topological polar surface area (TPSA) is 43.8 Å². The van der Waals surface area contributed by atoms with E-state index in [-0.39, 0.29) is 5.82 Å². The summed E-state index contributed by atoms with van der Waals surface area (Å²) in [6.07, 6.45) is 2.85. The lowest BCUT2D eigenvalue weighted by Crippen LogP contribution is -2.18. The molecule has 2 rings (SSSR count). The molecule has 2 N–H and O–H groups in total. The summed E-state index contributed by atoms with van der Waals surface area (Å²) in [6.45, 7) is 5.77. The molecule has 0 bridgehead atoms. The van der Waals surface area contributed by atoms with Crippen LogP contribution >= 0.6 is 0 Å². The van der Waals surface area contributed by atoms with Gasteiger partial charge in [0.15, 0.2) is 5.82 Å². The molecule has 4 heteroatoms. The molecule has 0 saturated carbocycles. The van der Waals surface area contributed by atoms with E-state index in [9.17, 15) is 4.39 Å². The predicted molar refractivity (Wildman–Crippen MR) is 76.5 cm³/mol. The van der Waals surface area contributed by atoms with Crippen molar-refractivity contribution in [2.45, 2.75) is 39.7 Å². The Bertz CT molecular complexity index is 544. The van der Waals surface area contributed by atoms with E-state index in [1.807, 2.05) is 6.07 Å². The zero-order chi connectivity index (χ0) is 13.8. The number of rotatable bonds is 6. The van der Waals surface area contributed by atoms with Gasteiger partial charge in [0.2, 0.25) is 0 Å². The van der Waals surface area contributed by atoms with Gasteiger partial charge in [0.1, 0.15) is 11.3 Å². The first-order chi connectivity index (χ1) is 9.21. The van der Waals surface area contributed by atoms with Crippen LogP contribution in [0.15, 0.2) is 18.2 Å². The van der Waals surface area contributed by atoms with Crippen LogP contribution in [0.2, 0.25) is 0 Å². The van der Waals surface area contributed by atoms with Crippen LogP contribution in [0, 0.1) is 11.7 Å². The maximum Gasteiger partial charge on any atom is 0.151 e. The molecule has 1 atom stereocenters. The molecule has 3 nitrogen and oxygen atoms in total. The zero-order valence-corrected chi connectivity index (χ0v) is 11.7. The highest BCUT2D eigenvalue weighted by Crippen LogP contribution is 2.22. The number of hydrogen-bond donors (Lipinski definition) is 1. The molecule has 1 aromatic carbocycles. The minimum absolute atomic E-state index is 0.241. The van der Waals surface area contributed by atoms with Gasteiger partial charge in [-0.15, -0.1) is 0 Å². The van der Waals surface area contributed by atoms with Gasteiger partial charge in [-0.3, -0.25) is 0 Å². The number of halogens is 1. The summed E-state index contributed by atoms with van der Waals surface area (Å²) in [7, 11) is 0. The third-order valence-electron chi connectivity index (χ3n) is 3.64. The van der Waals surface area contributed by atoms with Crippen LogP contribution < -0.4 is 5.73 Å². The molecule has 0 saturated heterocycles. The number of hydrogen-bond acceptors (Lipinski definition) is 2. The first kappa shape index (κ1) is 14.0. The van der Waals surface area contributed by atoms with Crippen molar-refractivity contribution in [1.29, 1.82) is 0 Å². The number of fused-ring (bicyclic) bond motifs is 1. The predicted octanol–water partition coefficient (Wildman–Crippen LogP) is 3.11. The lowest BCUT2D eigenvalue weighted by Gasteiger charge is -2.13. The SMILES string of the molecule is CCCn1c(CC(CC)CN)nc2c(F)cccc21. The summed E-state index contributed by atoms with van der Waals surface area (Å²) in [6, 6.07) is 5.15. The monoisotopic (exact) mass is 263 g/mol. The number of benzene rings is 1. The van der Waals surface area contributed by atoms with Crippen LogP contribution in [0.3, 0.4) is 0 Å². The van der Waals surface area contributed by atoms with E-state index in [2.05, 4.69) is 23.4 Å². The van der Waals surface area contributed by atoms with Crippen LogP contribution in [-0.4, -0.2) is 16.1 Å². The summed E-state index contributed by atoms with van der Waals surface area (Å²) in [5, 5.41) is 0. The largest absolute Gasteiger partial charge is 0.330 e. The molecule has 0 aliphatic heterocycles. The van der Waals surface area contributed by atoms with Gasteiger partial charge in [0.25, 0.3) is 0 Å². The molecule has 104 valence electrons. The van der Waals surface area contributed by atoms with Crippen molar-refractivity contribution in [1.82, 2.24) is 9.55 Å². The van der Waals surface area contributed by atoms with Crippen LogP contribution in [-0.2, 0) is 13.0 Å². The third-order valence-corrected chi connectivity index (χ3v) is 3.64. The van der Waals surface area contributed by atoms with Gasteiger partial charge in [0, 0.05) is 13.0 Å². The molecule has 0 aliphatic carbocycles. The Balaban J connectivity index is 2.46. The van der Waals surface area contributed by atoms with E-state index < -0.39 is 0 Å². The standard InChI is InChI=1S/C15H22FN3/c1-3-8-19-13-7-5-6-12(16)15(13)18-14(19)9-11(4-2)10-17/h5-7,11H,3-4,8-10,17H2,1-2H3. The molecule has 1 aromatic heterocycles. The van der Waals surface area contributed by atoms with Crippen LogP contribution in [0.25, 0.3) is 11.0 Å². The summed E-state index contributed by atoms with van der Waals surface area (Å²) >= 11 is 0. The van der Waals surface area contributed by atoms with Crippen molar-refractivity contribution in [2.75, 3.05) is 6.54 Å². The fourth-order valence-corrected chi connectivity index (χ4v) is 2.44. The number of para-hydroxylation sites is 1. The van der Waals surface area contributed by atoms with E-state index in [0.29, 0.717) is 18.0 Å². The fraction of sp³-hybridized carbons (Fsp3) is 0.533. The maximum atomic E-state index is 13.8. The molecule has 19 heavy (non-hydrogen) atoms. The van der Waals surface area contributed by atoms with Crippen LogP contribution in [0.5, 0.6) is 0 Å². The Morgan fingerprint density at radius 1 is 1.37 bits per heavy atom. The molecule has 0 fully saturated rings. The Labute approximate surface area is 113 Å². The van der Waals surface area contributed by atoms with Gasteiger partial charge in [-0.25, -0.2) is 9.37 Å². The average molecular weight is 263 g/mol. The van der Waals surface area contributed by atoms with Crippen molar-refractivity contribution in [3.8, 4) is 0 Å². The number of imidazole rings is 1. The van der Waals surface area contributed by atoms with Gasteiger partial charge >= 0.3 is 0 Å². The van der Waals surface area contributed by atoms with Gasteiger partial charge < -0.3 is 10.3 Å². The van der Waals surface area contributed by atoms with E-state index in [4.69, 9.17) is 5.73 Å². The molecule has 0 aliphatic rings. The Hall–Kier alpha value is -1.42. The van der Waals surface area contributed by atoms with Crippen molar-refractivity contribution in [3.63, 3.8) is 0 Å². The van der Waals surface area contributed by atoms with E-state index in [1.54, 1.807) is 6.07 Å². The lowest BCUT2D eigenvalue weighted by molar-refractivity contribution is 0.490. The average Bonchev–Trinajstić information content (AvgIpc) is 2.76.